The lowest BCUT2D eigenvalue weighted by molar-refractivity contribution is 0.216. The van der Waals surface area contributed by atoms with Crippen LogP contribution >= 0.6 is 11.6 Å². The average Bonchev–Trinajstić information content (AvgIpc) is 2.50. The van der Waals surface area contributed by atoms with Crippen LogP contribution in [0.1, 0.15) is 24.0 Å². The summed E-state index contributed by atoms with van der Waals surface area (Å²) in [6.45, 7) is 4.75. The number of fused-ring (bicyclic) bond motifs is 1. The van der Waals surface area contributed by atoms with Crippen LogP contribution in [0.25, 0.3) is 11.0 Å². The first-order valence-corrected chi connectivity index (χ1v) is 8.07. The fourth-order valence-corrected chi connectivity index (χ4v) is 3.20. The molecule has 3 heterocycles. The maximum Gasteiger partial charge on any atom is 0.251 e. The van der Waals surface area contributed by atoms with Gasteiger partial charge in [0.05, 0.1) is 16.1 Å². The number of nitrogens with zero attached hydrogens (tertiary/aromatic N) is 2. The second kappa shape index (κ2) is 6.36. The van der Waals surface area contributed by atoms with Gasteiger partial charge in [0, 0.05) is 24.3 Å². The van der Waals surface area contributed by atoms with E-state index >= 15 is 0 Å². The summed E-state index contributed by atoms with van der Waals surface area (Å²) in [4.78, 5) is 21.5. The molecule has 1 fully saturated rings. The third kappa shape index (κ3) is 3.16. The molecular weight excluding hydrogens is 300 g/mol. The Kier molecular flexibility index (Phi) is 4.47. The summed E-state index contributed by atoms with van der Waals surface area (Å²) in [5, 5.41) is 0.612. The predicted molar refractivity (Wildman–Crippen MR) is 89.5 cm³/mol. The van der Waals surface area contributed by atoms with Crippen molar-refractivity contribution in [1.29, 1.82) is 0 Å². The van der Waals surface area contributed by atoms with Gasteiger partial charge in [0.25, 0.3) is 5.56 Å². The number of halogens is 1. The van der Waals surface area contributed by atoms with E-state index in [4.69, 9.17) is 17.3 Å². The van der Waals surface area contributed by atoms with Crippen LogP contribution in [-0.2, 0) is 6.42 Å². The number of piperidine rings is 1. The van der Waals surface area contributed by atoms with Gasteiger partial charge in [-0.1, -0.05) is 11.6 Å². The summed E-state index contributed by atoms with van der Waals surface area (Å²) in [6.07, 6.45) is 4.55. The number of aromatic amines is 1. The highest BCUT2D eigenvalue weighted by molar-refractivity contribution is 6.32. The molecule has 0 spiro atoms. The zero-order valence-electron chi connectivity index (χ0n) is 12.7. The fourth-order valence-electron chi connectivity index (χ4n) is 2.97. The Hall–Kier alpha value is -1.43. The quantitative estimate of drug-likeness (QED) is 0.905. The van der Waals surface area contributed by atoms with E-state index in [-0.39, 0.29) is 5.56 Å². The Morgan fingerprint density at radius 3 is 2.91 bits per heavy atom. The van der Waals surface area contributed by atoms with E-state index in [1.165, 1.54) is 0 Å². The largest absolute Gasteiger partial charge is 0.328 e. The van der Waals surface area contributed by atoms with Crippen LogP contribution in [0, 0.1) is 6.92 Å². The molecule has 1 aliphatic heterocycles. The van der Waals surface area contributed by atoms with Crippen molar-refractivity contribution in [3.8, 4) is 0 Å². The number of aromatic nitrogens is 2. The van der Waals surface area contributed by atoms with Crippen LogP contribution in [-0.4, -0.2) is 40.5 Å². The number of pyridine rings is 2. The van der Waals surface area contributed by atoms with Gasteiger partial charge in [0.2, 0.25) is 0 Å². The number of hydrogen-bond acceptors (Lipinski definition) is 4. The normalized spacial score (nSPS) is 17.2. The molecule has 0 aromatic carbocycles. The molecule has 1 aliphatic rings. The first-order chi connectivity index (χ1) is 10.5. The van der Waals surface area contributed by atoms with E-state index in [2.05, 4.69) is 14.9 Å². The molecule has 0 atom stereocenters. The van der Waals surface area contributed by atoms with Crippen molar-refractivity contribution in [2.24, 2.45) is 5.73 Å². The van der Waals surface area contributed by atoms with Gasteiger partial charge in [-0.15, -0.1) is 0 Å². The molecule has 3 rings (SSSR count). The fraction of sp³-hybridized carbons (Fsp3) is 0.500. The molecular formula is C16H21ClN4O. The zero-order chi connectivity index (χ0) is 15.7. The van der Waals surface area contributed by atoms with Crippen molar-refractivity contribution in [1.82, 2.24) is 14.9 Å². The molecule has 118 valence electrons. The van der Waals surface area contributed by atoms with E-state index in [1.807, 2.05) is 6.07 Å². The zero-order valence-corrected chi connectivity index (χ0v) is 13.5. The SMILES string of the molecule is Cc1cc2ncc(Cl)c(CCN3CCC(N)CC3)c2[nH]c1=O. The second-order valence-corrected chi connectivity index (χ2v) is 6.46. The van der Waals surface area contributed by atoms with Crippen LogP contribution in [0.15, 0.2) is 17.1 Å². The number of likely N-dealkylation sites (tertiary alicyclic amines) is 1. The number of rotatable bonds is 3. The number of nitrogens with two attached hydrogens (primary N) is 1. The van der Waals surface area contributed by atoms with Gasteiger partial charge in [-0.2, -0.15) is 0 Å². The maximum atomic E-state index is 11.9. The van der Waals surface area contributed by atoms with Gasteiger partial charge in [-0.25, -0.2) is 0 Å². The lowest BCUT2D eigenvalue weighted by Crippen LogP contribution is -2.40. The van der Waals surface area contributed by atoms with Crippen molar-refractivity contribution in [2.45, 2.75) is 32.2 Å². The van der Waals surface area contributed by atoms with E-state index < -0.39 is 0 Å². The summed E-state index contributed by atoms with van der Waals surface area (Å²) in [6, 6.07) is 2.15. The Labute approximate surface area is 134 Å². The van der Waals surface area contributed by atoms with Gasteiger partial charge in [-0.05, 0) is 50.9 Å². The van der Waals surface area contributed by atoms with Crippen molar-refractivity contribution < 1.29 is 0 Å². The van der Waals surface area contributed by atoms with Crippen molar-refractivity contribution in [2.75, 3.05) is 19.6 Å². The average molecular weight is 321 g/mol. The summed E-state index contributed by atoms with van der Waals surface area (Å²) >= 11 is 6.31. The molecule has 2 aromatic heterocycles. The predicted octanol–water partition coefficient (Wildman–Crippen LogP) is 1.85. The third-order valence-corrected chi connectivity index (χ3v) is 4.75. The summed E-state index contributed by atoms with van der Waals surface area (Å²) < 4.78 is 0. The first-order valence-electron chi connectivity index (χ1n) is 7.69. The van der Waals surface area contributed by atoms with Gasteiger partial charge >= 0.3 is 0 Å². The minimum absolute atomic E-state index is 0.0817. The Bertz CT molecular complexity index is 735. The molecule has 22 heavy (non-hydrogen) atoms. The topological polar surface area (TPSA) is 75.0 Å². The lowest BCUT2D eigenvalue weighted by atomic mass is 10.0. The number of nitrogens with one attached hydrogen (secondary N) is 1. The highest BCUT2D eigenvalue weighted by Gasteiger charge is 2.17. The van der Waals surface area contributed by atoms with E-state index in [0.29, 0.717) is 16.6 Å². The molecule has 0 aliphatic carbocycles. The molecule has 0 saturated carbocycles. The Morgan fingerprint density at radius 1 is 1.45 bits per heavy atom. The highest BCUT2D eigenvalue weighted by atomic mass is 35.5. The Balaban J connectivity index is 1.85. The molecule has 6 heteroatoms. The smallest absolute Gasteiger partial charge is 0.251 e. The molecule has 0 unspecified atom stereocenters. The maximum absolute atomic E-state index is 11.9. The summed E-state index contributed by atoms with van der Waals surface area (Å²) in [5.41, 5.74) is 9.04. The van der Waals surface area contributed by atoms with E-state index in [9.17, 15) is 4.79 Å². The minimum atomic E-state index is -0.0817. The van der Waals surface area contributed by atoms with Crippen LogP contribution in [0.4, 0.5) is 0 Å². The molecule has 3 N–H and O–H groups in total. The van der Waals surface area contributed by atoms with Gasteiger partial charge < -0.3 is 15.6 Å². The first kappa shape index (κ1) is 15.5. The van der Waals surface area contributed by atoms with Crippen molar-refractivity contribution >= 4 is 22.6 Å². The second-order valence-electron chi connectivity index (χ2n) is 6.06. The van der Waals surface area contributed by atoms with E-state index in [1.54, 1.807) is 13.1 Å². The van der Waals surface area contributed by atoms with E-state index in [0.717, 1.165) is 55.5 Å². The minimum Gasteiger partial charge on any atom is -0.328 e. The third-order valence-electron chi connectivity index (χ3n) is 4.42. The number of hydrogen-bond donors (Lipinski definition) is 2. The van der Waals surface area contributed by atoms with Crippen molar-refractivity contribution in [3.63, 3.8) is 0 Å². The molecule has 0 radical (unpaired) electrons. The summed E-state index contributed by atoms with van der Waals surface area (Å²) in [7, 11) is 0. The number of aryl methyl sites for hydroxylation is 1. The molecule has 0 amide bonds. The van der Waals surface area contributed by atoms with Crippen LogP contribution in [0.3, 0.4) is 0 Å². The van der Waals surface area contributed by atoms with Gasteiger partial charge in [0.1, 0.15) is 0 Å². The van der Waals surface area contributed by atoms with Crippen LogP contribution in [0.2, 0.25) is 5.02 Å². The standard InChI is InChI=1S/C16H21ClN4O/c1-10-8-14-15(20-16(10)22)12(13(17)9-19-14)4-7-21-5-2-11(18)3-6-21/h8-9,11H,2-7,18H2,1H3,(H,20,22). The van der Waals surface area contributed by atoms with Gasteiger partial charge in [0.15, 0.2) is 0 Å². The summed E-state index contributed by atoms with van der Waals surface area (Å²) in [5.74, 6) is 0. The van der Waals surface area contributed by atoms with Crippen molar-refractivity contribution in [3.05, 3.63) is 38.8 Å². The molecule has 1 saturated heterocycles. The molecule has 2 aromatic rings. The highest BCUT2D eigenvalue weighted by Crippen LogP contribution is 2.23. The lowest BCUT2D eigenvalue weighted by Gasteiger charge is -2.30. The monoisotopic (exact) mass is 320 g/mol. The molecule has 0 bridgehead atoms. The molecule has 5 nitrogen and oxygen atoms in total. The van der Waals surface area contributed by atoms with Crippen LogP contribution in [0.5, 0.6) is 0 Å². The Morgan fingerprint density at radius 2 is 2.18 bits per heavy atom. The number of H-pyrrole nitrogens is 1. The van der Waals surface area contributed by atoms with Crippen LogP contribution < -0.4 is 11.3 Å². The van der Waals surface area contributed by atoms with Gasteiger partial charge in [-0.3, -0.25) is 9.78 Å².